The third kappa shape index (κ3) is 5.52. The molecule has 3 aromatic rings. The molecular weight excluding hydrogens is 452 g/mol. The maximum Gasteiger partial charge on any atom is 0.257 e. The quantitative estimate of drug-likeness (QED) is 0.532. The van der Waals surface area contributed by atoms with Crippen LogP contribution in [0.5, 0.6) is 0 Å². The van der Waals surface area contributed by atoms with Crippen LogP contribution in [0.25, 0.3) is 11.3 Å². The Morgan fingerprint density at radius 3 is 2.42 bits per heavy atom. The highest BCUT2D eigenvalue weighted by Gasteiger charge is 2.25. The van der Waals surface area contributed by atoms with Gasteiger partial charge in [-0.2, -0.15) is 5.26 Å². The zero-order valence-corrected chi connectivity index (χ0v) is 20.9. The molecule has 36 heavy (non-hydrogen) atoms. The van der Waals surface area contributed by atoms with Gasteiger partial charge in [0.05, 0.1) is 22.9 Å². The van der Waals surface area contributed by atoms with Crippen LogP contribution >= 0.6 is 0 Å². The standard InChI is InChI=1S/C28H30N6O2/c1-4-32(19-23-7-5-6-20(2)16-23)27(36)25-18-30-28(34-14-12-33(13-15-34)21(3)35)31-26(25)24-10-8-22(17-29)9-11-24/h5-11,16,18H,4,12-15,19H2,1-3H3. The van der Waals surface area contributed by atoms with Crippen molar-refractivity contribution in [2.24, 2.45) is 0 Å². The number of hydrogen-bond acceptors (Lipinski definition) is 6. The van der Waals surface area contributed by atoms with E-state index in [0.29, 0.717) is 62.0 Å². The Bertz CT molecular complexity index is 1290. The van der Waals surface area contributed by atoms with E-state index in [1.54, 1.807) is 35.1 Å². The second-order valence-electron chi connectivity index (χ2n) is 8.92. The third-order valence-electron chi connectivity index (χ3n) is 6.43. The van der Waals surface area contributed by atoms with Crippen molar-refractivity contribution in [2.75, 3.05) is 37.6 Å². The molecule has 8 heteroatoms. The second kappa shape index (κ2) is 11.0. The number of anilines is 1. The Balaban J connectivity index is 1.68. The molecule has 0 spiro atoms. The molecule has 184 valence electrons. The van der Waals surface area contributed by atoms with Crippen LogP contribution in [0.15, 0.2) is 54.7 Å². The lowest BCUT2D eigenvalue weighted by atomic mass is 10.0. The molecule has 0 N–H and O–H groups in total. The topological polar surface area (TPSA) is 93.4 Å². The summed E-state index contributed by atoms with van der Waals surface area (Å²) in [5.41, 5.74) is 4.44. The van der Waals surface area contributed by atoms with Crippen LogP contribution in [0.1, 0.15) is 40.9 Å². The first-order chi connectivity index (χ1) is 17.4. The van der Waals surface area contributed by atoms with Crippen LogP contribution in [0.3, 0.4) is 0 Å². The number of aryl methyl sites for hydroxylation is 1. The summed E-state index contributed by atoms with van der Waals surface area (Å²) >= 11 is 0. The third-order valence-corrected chi connectivity index (χ3v) is 6.43. The van der Waals surface area contributed by atoms with Gasteiger partial charge in [-0.25, -0.2) is 9.97 Å². The molecule has 0 radical (unpaired) electrons. The minimum absolute atomic E-state index is 0.0584. The number of hydrogen-bond donors (Lipinski definition) is 0. The van der Waals surface area contributed by atoms with Crippen molar-refractivity contribution in [2.45, 2.75) is 27.3 Å². The average Bonchev–Trinajstić information content (AvgIpc) is 2.91. The van der Waals surface area contributed by atoms with Crippen molar-refractivity contribution in [3.8, 4) is 17.3 Å². The van der Waals surface area contributed by atoms with Gasteiger partial charge in [-0.05, 0) is 31.5 Å². The van der Waals surface area contributed by atoms with Crippen LogP contribution in [0.4, 0.5) is 5.95 Å². The van der Waals surface area contributed by atoms with E-state index in [1.165, 1.54) is 0 Å². The number of nitrogens with zero attached hydrogens (tertiary/aromatic N) is 6. The summed E-state index contributed by atoms with van der Waals surface area (Å²) in [7, 11) is 0. The summed E-state index contributed by atoms with van der Waals surface area (Å²) in [5.74, 6) is 0.435. The molecule has 2 aromatic carbocycles. The molecule has 2 amide bonds. The largest absolute Gasteiger partial charge is 0.339 e. The van der Waals surface area contributed by atoms with Gasteiger partial charge in [-0.1, -0.05) is 42.0 Å². The second-order valence-corrected chi connectivity index (χ2v) is 8.92. The molecule has 1 fully saturated rings. The predicted octanol–water partition coefficient (Wildman–Crippen LogP) is 3.65. The first kappa shape index (κ1) is 24.9. The Morgan fingerprint density at radius 2 is 1.81 bits per heavy atom. The Kier molecular flexibility index (Phi) is 7.59. The zero-order valence-electron chi connectivity index (χ0n) is 20.9. The lowest BCUT2D eigenvalue weighted by Crippen LogP contribution is -2.48. The maximum absolute atomic E-state index is 13.7. The first-order valence-corrected chi connectivity index (χ1v) is 12.1. The summed E-state index contributed by atoms with van der Waals surface area (Å²) in [6, 6.07) is 17.3. The van der Waals surface area contributed by atoms with Crippen molar-refractivity contribution in [1.29, 1.82) is 5.26 Å². The molecule has 1 aliphatic rings. The molecule has 0 bridgehead atoms. The maximum atomic E-state index is 13.7. The average molecular weight is 483 g/mol. The van der Waals surface area contributed by atoms with Gasteiger partial charge in [0.1, 0.15) is 0 Å². The number of carbonyl (C=O) groups excluding carboxylic acids is 2. The highest BCUT2D eigenvalue weighted by atomic mass is 16.2. The molecule has 0 atom stereocenters. The van der Waals surface area contributed by atoms with Gasteiger partial charge in [0.25, 0.3) is 5.91 Å². The fourth-order valence-corrected chi connectivity index (χ4v) is 4.35. The Morgan fingerprint density at radius 1 is 1.08 bits per heavy atom. The van der Waals surface area contributed by atoms with Crippen molar-refractivity contribution in [1.82, 2.24) is 19.8 Å². The van der Waals surface area contributed by atoms with E-state index in [4.69, 9.17) is 4.98 Å². The van der Waals surface area contributed by atoms with Crippen LogP contribution in [-0.4, -0.2) is 64.3 Å². The molecule has 0 aliphatic carbocycles. The first-order valence-electron chi connectivity index (χ1n) is 12.1. The van der Waals surface area contributed by atoms with Gasteiger partial charge in [0, 0.05) is 58.0 Å². The van der Waals surface area contributed by atoms with E-state index in [-0.39, 0.29) is 11.8 Å². The summed E-state index contributed by atoms with van der Waals surface area (Å²) < 4.78 is 0. The molecule has 0 unspecified atom stereocenters. The van der Waals surface area contributed by atoms with E-state index < -0.39 is 0 Å². The van der Waals surface area contributed by atoms with Crippen LogP contribution in [-0.2, 0) is 11.3 Å². The smallest absolute Gasteiger partial charge is 0.257 e. The minimum Gasteiger partial charge on any atom is -0.339 e. The number of piperazine rings is 1. The van der Waals surface area contributed by atoms with Gasteiger partial charge in [-0.15, -0.1) is 0 Å². The number of aromatic nitrogens is 2. The molecule has 0 saturated carbocycles. The molecule has 1 aromatic heterocycles. The highest BCUT2D eigenvalue weighted by Crippen LogP contribution is 2.26. The van der Waals surface area contributed by atoms with E-state index in [1.807, 2.05) is 49.1 Å². The molecule has 1 saturated heterocycles. The van der Waals surface area contributed by atoms with Crippen molar-refractivity contribution in [3.63, 3.8) is 0 Å². The van der Waals surface area contributed by atoms with Gasteiger partial charge in [0.15, 0.2) is 0 Å². The number of carbonyl (C=O) groups is 2. The van der Waals surface area contributed by atoms with Gasteiger partial charge < -0.3 is 14.7 Å². The number of benzene rings is 2. The van der Waals surface area contributed by atoms with Crippen molar-refractivity contribution >= 4 is 17.8 Å². The summed E-state index contributed by atoms with van der Waals surface area (Å²) in [5, 5.41) is 9.21. The molecular formula is C28H30N6O2. The van der Waals surface area contributed by atoms with E-state index in [0.717, 1.165) is 16.7 Å². The zero-order chi connectivity index (χ0) is 25.7. The Hall–Kier alpha value is -4.25. The van der Waals surface area contributed by atoms with Crippen LogP contribution in [0.2, 0.25) is 0 Å². The van der Waals surface area contributed by atoms with Gasteiger partial charge >= 0.3 is 0 Å². The van der Waals surface area contributed by atoms with Crippen molar-refractivity contribution < 1.29 is 9.59 Å². The van der Waals surface area contributed by atoms with E-state index in [2.05, 4.69) is 17.1 Å². The van der Waals surface area contributed by atoms with E-state index >= 15 is 0 Å². The van der Waals surface area contributed by atoms with Gasteiger partial charge in [-0.3, -0.25) is 9.59 Å². The Labute approximate surface area is 211 Å². The summed E-state index contributed by atoms with van der Waals surface area (Å²) in [6.45, 7) is 9.03. The van der Waals surface area contributed by atoms with Crippen molar-refractivity contribution in [3.05, 3.63) is 77.0 Å². The molecule has 4 rings (SSSR count). The fourth-order valence-electron chi connectivity index (χ4n) is 4.35. The number of nitriles is 1. The monoisotopic (exact) mass is 482 g/mol. The SMILES string of the molecule is CCN(Cc1cccc(C)c1)C(=O)c1cnc(N2CCN(C(C)=O)CC2)nc1-c1ccc(C#N)cc1. The molecule has 1 aliphatic heterocycles. The summed E-state index contributed by atoms with van der Waals surface area (Å²) in [4.78, 5) is 40.4. The normalized spacial score (nSPS) is 13.3. The van der Waals surface area contributed by atoms with Crippen LogP contribution in [0, 0.1) is 18.3 Å². The number of rotatable bonds is 6. The predicted molar refractivity (Wildman–Crippen MR) is 138 cm³/mol. The molecule has 2 heterocycles. The molecule has 8 nitrogen and oxygen atoms in total. The lowest BCUT2D eigenvalue weighted by molar-refractivity contribution is -0.129. The highest BCUT2D eigenvalue weighted by molar-refractivity contribution is 5.99. The lowest BCUT2D eigenvalue weighted by Gasteiger charge is -2.34. The number of amides is 2. The fraction of sp³-hybridized carbons (Fsp3) is 0.321. The summed E-state index contributed by atoms with van der Waals surface area (Å²) in [6.07, 6.45) is 1.61. The van der Waals surface area contributed by atoms with E-state index in [9.17, 15) is 14.9 Å². The van der Waals surface area contributed by atoms with Gasteiger partial charge in [0.2, 0.25) is 11.9 Å². The minimum atomic E-state index is -0.147. The van der Waals surface area contributed by atoms with Crippen LogP contribution < -0.4 is 4.90 Å².